The van der Waals surface area contributed by atoms with Gasteiger partial charge in [0.05, 0.1) is 11.3 Å². The van der Waals surface area contributed by atoms with Crippen LogP contribution >= 0.6 is 11.3 Å². The number of aryl methyl sites for hydroxylation is 1. The molecule has 17 heavy (non-hydrogen) atoms. The smallest absolute Gasteiger partial charge is 0.123 e. The van der Waals surface area contributed by atoms with Crippen molar-refractivity contribution in [3.05, 3.63) is 40.9 Å². The number of nitrogens with zero attached hydrogens (tertiary/aromatic N) is 1. The molecule has 0 aliphatic carbocycles. The summed E-state index contributed by atoms with van der Waals surface area (Å²) in [5, 5.41) is 13.0. The van der Waals surface area contributed by atoms with Crippen LogP contribution in [0, 0.1) is 0 Å². The number of hydrogen-bond acceptors (Lipinski definition) is 3. The lowest BCUT2D eigenvalue weighted by Gasteiger charge is -2.17. The molecule has 2 aromatic rings. The molecular weight excluding hydrogens is 230 g/mol. The Hall–Kier alpha value is -1.19. The lowest BCUT2D eigenvalue weighted by Crippen LogP contribution is -2.14. The Morgan fingerprint density at radius 1 is 1.24 bits per heavy atom. The quantitative estimate of drug-likeness (QED) is 0.899. The van der Waals surface area contributed by atoms with E-state index in [-0.39, 0.29) is 0 Å². The van der Waals surface area contributed by atoms with E-state index in [1.165, 1.54) is 0 Å². The van der Waals surface area contributed by atoms with E-state index in [2.05, 4.69) is 17.3 Å². The van der Waals surface area contributed by atoms with Gasteiger partial charge in [-0.3, -0.25) is 0 Å². The molecule has 0 aliphatic rings. The van der Waals surface area contributed by atoms with Gasteiger partial charge in [0.15, 0.2) is 0 Å². The maximum absolute atomic E-state index is 9.88. The number of aliphatic hydroxyl groups is 1. The van der Waals surface area contributed by atoms with Crippen LogP contribution in [0.25, 0.3) is 10.6 Å². The van der Waals surface area contributed by atoms with Crippen molar-refractivity contribution in [2.75, 3.05) is 0 Å². The summed E-state index contributed by atoms with van der Waals surface area (Å²) in [5.74, 6) is 0. The molecule has 0 saturated heterocycles. The second kappa shape index (κ2) is 4.59. The molecule has 0 unspecified atom stereocenters. The van der Waals surface area contributed by atoms with Gasteiger partial charge in [-0.15, -0.1) is 11.3 Å². The van der Waals surface area contributed by atoms with Gasteiger partial charge >= 0.3 is 0 Å². The highest BCUT2D eigenvalue weighted by atomic mass is 32.1. The number of hydrogen-bond donors (Lipinski definition) is 1. The highest BCUT2D eigenvalue weighted by Crippen LogP contribution is 2.27. The summed E-state index contributed by atoms with van der Waals surface area (Å²) in [6.07, 6.45) is 0.970. The molecule has 2 rings (SSSR count). The molecule has 0 fully saturated rings. The van der Waals surface area contributed by atoms with Crippen LogP contribution in [0.2, 0.25) is 0 Å². The molecule has 1 aromatic carbocycles. The van der Waals surface area contributed by atoms with Crippen LogP contribution in [0.1, 0.15) is 32.0 Å². The van der Waals surface area contributed by atoms with Gasteiger partial charge < -0.3 is 5.11 Å². The van der Waals surface area contributed by atoms with E-state index in [0.29, 0.717) is 0 Å². The van der Waals surface area contributed by atoms with E-state index in [1.54, 1.807) is 25.2 Å². The first-order valence-electron chi connectivity index (χ1n) is 5.78. The maximum Gasteiger partial charge on any atom is 0.123 e. The van der Waals surface area contributed by atoms with Gasteiger partial charge in [0, 0.05) is 10.9 Å². The van der Waals surface area contributed by atoms with Gasteiger partial charge in [0.2, 0.25) is 0 Å². The third kappa shape index (κ3) is 2.73. The van der Waals surface area contributed by atoms with Crippen LogP contribution in [0.5, 0.6) is 0 Å². The van der Waals surface area contributed by atoms with E-state index in [4.69, 9.17) is 0 Å². The van der Waals surface area contributed by atoms with Crippen molar-refractivity contribution in [3.8, 4) is 10.6 Å². The normalized spacial score (nSPS) is 11.8. The number of benzene rings is 1. The Morgan fingerprint density at radius 2 is 1.88 bits per heavy atom. The summed E-state index contributed by atoms with van der Waals surface area (Å²) in [7, 11) is 0. The molecule has 1 aromatic heterocycles. The zero-order valence-electron chi connectivity index (χ0n) is 10.4. The summed E-state index contributed by atoms with van der Waals surface area (Å²) >= 11 is 1.67. The second-order valence-corrected chi connectivity index (χ2v) is 5.49. The van der Waals surface area contributed by atoms with E-state index in [9.17, 15) is 5.11 Å². The molecule has 0 aliphatic heterocycles. The first-order valence-corrected chi connectivity index (χ1v) is 6.66. The summed E-state index contributed by atoms with van der Waals surface area (Å²) in [6, 6.07) is 7.96. The summed E-state index contributed by atoms with van der Waals surface area (Å²) in [4.78, 5) is 4.55. The van der Waals surface area contributed by atoms with Crippen molar-refractivity contribution in [1.82, 2.24) is 4.98 Å². The fourth-order valence-electron chi connectivity index (χ4n) is 1.62. The van der Waals surface area contributed by atoms with Crippen molar-refractivity contribution in [2.45, 2.75) is 32.8 Å². The molecular formula is C14H17NOS. The van der Waals surface area contributed by atoms with E-state index in [0.717, 1.165) is 28.2 Å². The zero-order valence-corrected chi connectivity index (χ0v) is 11.2. The molecule has 2 nitrogen and oxygen atoms in total. The predicted molar refractivity (Wildman–Crippen MR) is 72.2 cm³/mol. The molecule has 0 bridgehead atoms. The minimum Gasteiger partial charge on any atom is -0.386 e. The van der Waals surface area contributed by atoms with E-state index in [1.807, 2.05) is 24.3 Å². The first-order chi connectivity index (χ1) is 8.00. The Balaban J connectivity index is 2.29. The van der Waals surface area contributed by atoms with Gasteiger partial charge in [0.1, 0.15) is 5.01 Å². The summed E-state index contributed by atoms with van der Waals surface area (Å²) < 4.78 is 0. The minimum absolute atomic E-state index is 0.782. The SMILES string of the molecule is CCc1csc(-c2ccc(C(C)(C)O)cc2)n1. The zero-order chi connectivity index (χ0) is 12.5. The molecule has 0 radical (unpaired) electrons. The lowest BCUT2D eigenvalue weighted by molar-refractivity contribution is 0.0786. The van der Waals surface area contributed by atoms with Crippen LogP contribution in [-0.2, 0) is 12.0 Å². The monoisotopic (exact) mass is 247 g/mol. The van der Waals surface area contributed by atoms with Crippen molar-refractivity contribution in [1.29, 1.82) is 0 Å². The highest BCUT2D eigenvalue weighted by Gasteiger charge is 2.15. The molecule has 0 atom stereocenters. The van der Waals surface area contributed by atoms with Gasteiger partial charge in [-0.05, 0) is 25.8 Å². The number of rotatable bonds is 3. The minimum atomic E-state index is -0.782. The van der Waals surface area contributed by atoms with Crippen LogP contribution in [0.3, 0.4) is 0 Å². The topological polar surface area (TPSA) is 33.1 Å². The largest absolute Gasteiger partial charge is 0.386 e. The van der Waals surface area contributed by atoms with Crippen LogP contribution in [0.4, 0.5) is 0 Å². The molecule has 0 spiro atoms. The number of aromatic nitrogens is 1. The lowest BCUT2D eigenvalue weighted by atomic mass is 9.97. The highest BCUT2D eigenvalue weighted by molar-refractivity contribution is 7.13. The predicted octanol–water partition coefficient (Wildman–Crippen LogP) is 3.60. The van der Waals surface area contributed by atoms with Crippen LogP contribution in [-0.4, -0.2) is 10.1 Å². The Bertz CT molecular complexity index is 494. The van der Waals surface area contributed by atoms with Gasteiger partial charge in [0.25, 0.3) is 0 Å². The average molecular weight is 247 g/mol. The standard InChI is InChI=1S/C14H17NOS/c1-4-12-9-17-13(15-12)10-5-7-11(8-6-10)14(2,3)16/h5-9,16H,4H2,1-3H3. The molecule has 0 saturated carbocycles. The third-order valence-electron chi connectivity index (χ3n) is 2.75. The number of thiazole rings is 1. The summed E-state index contributed by atoms with van der Waals surface area (Å²) in [5.41, 5.74) is 2.39. The van der Waals surface area contributed by atoms with Crippen molar-refractivity contribution in [3.63, 3.8) is 0 Å². The van der Waals surface area contributed by atoms with Crippen molar-refractivity contribution in [2.24, 2.45) is 0 Å². The van der Waals surface area contributed by atoms with E-state index < -0.39 is 5.60 Å². The molecule has 3 heteroatoms. The second-order valence-electron chi connectivity index (χ2n) is 4.63. The molecule has 90 valence electrons. The molecule has 0 amide bonds. The average Bonchev–Trinajstić information content (AvgIpc) is 2.76. The van der Waals surface area contributed by atoms with Crippen molar-refractivity contribution < 1.29 is 5.11 Å². The molecule has 1 heterocycles. The fourth-order valence-corrected chi connectivity index (χ4v) is 2.53. The maximum atomic E-state index is 9.88. The molecule has 1 N–H and O–H groups in total. The third-order valence-corrected chi connectivity index (χ3v) is 3.69. The van der Waals surface area contributed by atoms with Gasteiger partial charge in [-0.25, -0.2) is 4.98 Å². The van der Waals surface area contributed by atoms with E-state index >= 15 is 0 Å². The Morgan fingerprint density at radius 3 is 2.35 bits per heavy atom. The van der Waals surface area contributed by atoms with Gasteiger partial charge in [-0.1, -0.05) is 31.2 Å². The summed E-state index contributed by atoms with van der Waals surface area (Å²) in [6.45, 7) is 5.69. The van der Waals surface area contributed by atoms with Crippen molar-refractivity contribution >= 4 is 11.3 Å². The Labute approximate surface area is 106 Å². The van der Waals surface area contributed by atoms with Crippen LogP contribution < -0.4 is 0 Å². The van der Waals surface area contributed by atoms with Crippen LogP contribution in [0.15, 0.2) is 29.6 Å². The fraction of sp³-hybridized carbons (Fsp3) is 0.357. The van der Waals surface area contributed by atoms with Gasteiger partial charge in [-0.2, -0.15) is 0 Å². The Kier molecular flexibility index (Phi) is 3.31. The first kappa shape index (κ1) is 12.3.